The van der Waals surface area contributed by atoms with Crippen LogP contribution in [0.5, 0.6) is 0 Å². The first-order valence-electron chi connectivity index (χ1n) is 10.2. The van der Waals surface area contributed by atoms with Gasteiger partial charge in [0, 0.05) is 18.0 Å². The largest absolute Gasteiger partial charge is 0.347 e. The summed E-state index contributed by atoms with van der Waals surface area (Å²) in [5.74, 6) is 2.96. The Morgan fingerprint density at radius 1 is 1.12 bits per heavy atom. The highest BCUT2D eigenvalue weighted by atomic mass is 16.2. The molecule has 26 heavy (non-hydrogen) atoms. The van der Waals surface area contributed by atoms with Crippen molar-refractivity contribution >= 4 is 17.6 Å². The summed E-state index contributed by atoms with van der Waals surface area (Å²) in [6.07, 6.45) is 10.1. The predicted octanol–water partition coefficient (Wildman–Crippen LogP) is 2.18. The average Bonchev–Trinajstić information content (AvgIpc) is 3.14. The Morgan fingerprint density at radius 2 is 1.77 bits per heavy atom. The van der Waals surface area contributed by atoms with Gasteiger partial charge in [-0.1, -0.05) is 0 Å². The van der Waals surface area contributed by atoms with Gasteiger partial charge in [-0.2, -0.15) is 5.10 Å². The zero-order valence-corrected chi connectivity index (χ0v) is 15.5. The second-order valence-electron chi connectivity index (χ2n) is 9.18. The lowest BCUT2D eigenvalue weighted by atomic mass is 9.49. The van der Waals surface area contributed by atoms with Gasteiger partial charge in [0.05, 0.1) is 12.2 Å². The van der Waals surface area contributed by atoms with E-state index in [4.69, 9.17) is 0 Å². The number of carbonyl (C=O) groups excluding carboxylic acids is 2. The van der Waals surface area contributed by atoms with E-state index in [1.54, 1.807) is 4.68 Å². The summed E-state index contributed by atoms with van der Waals surface area (Å²) >= 11 is 0. The van der Waals surface area contributed by atoms with E-state index < -0.39 is 0 Å². The van der Waals surface area contributed by atoms with Crippen molar-refractivity contribution in [1.29, 1.82) is 0 Å². The van der Waals surface area contributed by atoms with Gasteiger partial charge in [0.1, 0.15) is 5.82 Å². The number of carbonyl (C=O) groups is 2. The topological polar surface area (TPSA) is 76.0 Å². The second-order valence-corrected chi connectivity index (χ2v) is 9.18. The minimum absolute atomic E-state index is 0.0561. The third kappa shape index (κ3) is 2.57. The molecule has 5 aliphatic rings. The molecule has 6 rings (SSSR count). The molecule has 0 saturated heterocycles. The van der Waals surface area contributed by atoms with Crippen molar-refractivity contribution in [3.8, 4) is 0 Å². The van der Waals surface area contributed by atoms with E-state index in [2.05, 4.69) is 15.7 Å². The van der Waals surface area contributed by atoms with Crippen molar-refractivity contribution in [2.75, 3.05) is 11.9 Å². The van der Waals surface area contributed by atoms with Crippen LogP contribution in [-0.2, 0) is 29.5 Å². The van der Waals surface area contributed by atoms with Gasteiger partial charge in [-0.05, 0) is 75.5 Å². The van der Waals surface area contributed by atoms with E-state index in [1.807, 2.05) is 7.05 Å². The van der Waals surface area contributed by atoms with Crippen LogP contribution in [0.25, 0.3) is 0 Å². The molecule has 2 amide bonds. The van der Waals surface area contributed by atoms with Crippen LogP contribution in [0.4, 0.5) is 5.82 Å². The monoisotopic (exact) mass is 356 g/mol. The number of aromatic nitrogens is 2. The lowest BCUT2D eigenvalue weighted by Crippen LogP contribution is -2.54. The summed E-state index contributed by atoms with van der Waals surface area (Å²) in [6.45, 7) is 0.0561. The van der Waals surface area contributed by atoms with Crippen LogP contribution in [0.3, 0.4) is 0 Å². The zero-order valence-electron chi connectivity index (χ0n) is 15.5. The average molecular weight is 356 g/mol. The number of hydrogen-bond acceptors (Lipinski definition) is 3. The van der Waals surface area contributed by atoms with Gasteiger partial charge in [0.2, 0.25) is 11.8 Å². The summed E-state index contributed by atoms with van der Waals surface area (Å²) < 4.78 is 1.75. The van der Waals surface area contributed by atoms with Gasteiger partial charge in [-0.3, -0.25) is 14.3 Å². The second kappa shape index (κ2) is 5.83. The molecule has 0 unspecified atom stereocenters. The number of hydrogen-bond donors (Lipinski definition) is 2. The highest BCUT2D eigenvalue weighted by Crippen LogP contribution is 2.60. The van der Waals surface area contributed by atoms with Crippen molar-refractivity contribution < 1.29 is 9.59 Å². The van der Waals surface area contributed by atoms with Crippen LogP contribution >= 0.6 is 0 Å². The van der Waals surface area contributed by atoms with Crippen LogP contribution in [0.2, 0.25) is 0 Å². The fourth-order valence-electron chi connectivity index (χ4n) is 6.59. The van der Waals surface area contributed by atoms with Gasteiger partial charge in [0.15, 0.2) is 0 Å². The van der Waals surface area contributed by atoms with E-state index in [1.165, 1.54) is 19.3 Å². The molecule has 1 aromatic rings. The molecule has 6 heteroatoms. The van der Waals surface area contributed by atoms with Crippen LogP contribution in [0.1, 0.15) is 56.2 Å². The van der Waals surface area contributed by atoms with Crippen molar-refractivity contribution in [2.24, 2.45) is 30.2 Å². The maximum Gasteiger partial charge on any atom is 0.244 e. The standard InChI is InChI=1S/C20H28N4O2/c1-24-18(15-3-2-4-16(15)23-24)22-17(25)11-21-19(26)20-8-12-5-13(9-20)7-14(6-12)10-20/h12-14H,2-11H2,1H3,(H,21,26)(H,22,25). The smallest absolute Gasteiger partial charge is 0.244 e. The molecule has 140 valence electrons. The molecule has 4 bridgehead atoms. The number of anilines is 1. The first-order valence-corrected chi connectivity index (χ1v) is 10.2. The predicted molar refractivity (Wildman–Crippen MR) is 97.5 cm³/mol. The normalized spacial score (nSPS) is 34.0. The van der Waals surface area contributed by atoms with Gasteiger partial charge < -0.3 is 10.6 Å². The Bertz CT molecular complexity index is 731. The van der Waals surface area contributed by atoms with Crippen LogP contribution < -0.4 is 10.6 Å². The third-order valence-electron chi connectivity index (χ3n) is 7.26. The molecule has 0 radical (unpaired) electrons. The maximum absolute atomic E-state index is 12.9. The molecule has 5 aliphatic carbocycles. The molecule has 1 heterocycles. The Hall–Kier alpha value is -1.85. The molecule has 0 aromatic carbocycles. The molecule has 4 saturated carbocycles. The van der Waals surface area contributed by atoms with E-state index in [-0.39, 0.29) is 23.8 Å². The fraction of sp³-hybridized carbons (Fsp3) is 0.750. The van der Waals surface area contributed by atoms with Crippen LogP contribution in [0, 0.1) is 23.2 Å². The summed E-state index contributed by atoms with van der Waals surface area (Å²) in [4.78, 5) is 25.4. The number of aryl methyl sites for hydroxylation is 2. The number of nitrogens with one attached hydrogen (secondary N) is 2. The van der Waals surface area contributed by atoms with Crippen molar-refractivity contribution in [1.82, 2.24) is 15.1 Å². The third-order valence-corrected chi connectivity index (χ3v) is 7.26. The summed E-state index contributed by atoms with van der Waals surface area (Å²) in [5.41, 5.74) is 2.07. The van der Waals surface area contributed by atoms with Crippen molar-refractivity contribution in [3.63, 3.8) is 0 Å². The van der Waals surface area contributed by atoms with Crippen LogP contribution in [0.15, 0.2) is 0 Å². The number of nitrogens with zero attached hydrogens (tertiary/aromatic N) is 2. The lowest BCUT2D eigenvalue weighted by molar-refractivity contribution is -0.146. The summed E-state index contributed by atoms with van der Waals surface area (Å²) in [7, 11) is 1.86. The SMILES string of the molecule is Cn1nc2c(c1NC(=O)CNC(=O)C13CC4CC(CC(C4)C1)C3)CCC2. The Balaban J connectivity index is 1.21. The summed E-state index contributed by atoms with van der Waals surface area (Å²) in [6, 6.07) is 0. The molecule has 2 N–H and O–H groups in total. The van der Waals surface area contributed by atoms with E-state index in [0.717, 1.165) is 73.4 Å². The Kier molecular flexibility index (Phi) is 3.66. The maximum atomic E-state index is 12.9. The van der Waals surface area contributed by atoms with Gasteiger partial charge >= 0.3 is 0 Å². The highest BCUT2D eigenvalue weighted by molar-refractivity contribution is 5.95. The lowest BCUT2D eigenvalue weighted by Gasteiger charge is -2.55. The minimum atomic E-state index is -0.192. The first kappa shape index (κ1) is 16.3. The van der Waals surface area contributed by atoms with Crippen molar-refractivity contribution in [2.45, 2.75) is 57.8 Å². The van der Waals surface area contributed by atoms with Gasteiger partial charge in [-0.15, -0.1) is 0 Å². The number of fused-ring (bicyclic) bond motifs is 1. The quantitative estimate of drug-likeness (QED) is 0.868. The molecular formula is C20H28N4O2. The van der Waals surface area contributed by atoms with Gasteiger partial charge in [-0.25, -0.2) is 0 Å². The molecule has 1 aromatic heterocycles. The van der Waals surface area contributed by atoms with Crippen LogP contribution in [-0.4, -0.2) is 28.1 Å². The molecular weight excluding hydrogens is 328 g/mol. The Morgan fingerprint density at radius 3 is 2.42 bits per heavy atom. The number of amides is 2. The molecule has 0 atom stereocenters. The molecule has 0 spiro atoms. The molecule has 6 nitrogen and oxygen atoms in total. The van der Waals surface area contributed by atoms with Crippen molar-refractivity contribution in [3.05, 3.63) is 11.3 Å². The molecule has 0 aliphatic heterocycles. The zero-order chi connectivity index (χ0) is 17.9. The first-order chi connectivity index (χ1) is 12.5. The highest BCUT2D eigenvalue weighted by Gasteiger charge is 2.54. The van der Waals surface area contributed by atoms with E-state index >= 15 is 0 Å². The summed E-state index contributed by atoms with van der Waals surface area (Å²) in [5, 5.41) is 10.4. The Labute approximate surface area is 154 Å². The minimum Gasteiger partial charge on any atom is -0.347 e. The van der Waals surface area contributed by atoms with E-state index in [0.29, 0.717) is 0 Å². The number of rotatable bonds is 4. The molecule has 4 fully saturated rings. The fourth-order valence-corrected chi connectivity index (χ4v) is 6.59. The van der Waals surface area contributed by atoms with E-state index in [9.17, 15) is 9.59 Å². The van der Waals surface area contributed by atoms with Gasteiger partial charge in [0.25, 0.3) is 0 Å².